The van der Waals surface area contributed by atoms with Crippen LogP contribution in [0.5, 0.6) is 0 Å². The second-order valence-electron chi connectivity index (χ2n) is 5.66. The smallest absolute Gasteiger partial charge is 0.320 e. The van der Waals surface area contributed by atoms with Gasteiger partial charge in [-0.25, -0.2) is 0 Å². The van der Waals surface area contributed by atoms with Gasteiger partial charge >= 0.3 is 5.97 Å². The normalized spacial score (nSPS) is 17.6. The summed E-state index contributed by atoms with van der Waals surface area (Å²) < 4.78 is 0. The van der Waals surface area contributed by atoms with Gasteiger partial charge in [0.25, 0.3) is 0 Å². The van der Waals surface area contributed by atoms with Crippen LogP contribution in [0.3, 0.4) is 0 Å². The number of carboxylic acids is 1. The van der Waals surface area contributed by atoms with E-state index in [0.29, 0.717) is 13.0 Å². The fourth-order valence-electron chi connectivity index (χ4n) is 1.71. The van der Waals surface area contributed by atoms with Crippen molar-refractivity contribution in [2.75, 3.05) is 6.54 Å². The van der Waals surface area contributed by atoms with Crippen molar-refractivity contribution < 1.29 is 14.7 Å². The number of amides is 1. The third kappa shape index (κ3) is 5.68. The molecule has 1 aliphatic rings. The summed E-state index contributed by atoms with van der Waals surface area (Å²) in [6.45, 7) is 6.17. The summed E-state index contributed by atoms with van der Waals surface area (Å²) in [6.07, 6.45) is 2.25. The van der Waals surface area contributed by atoms with Crippen molar-refractivity contribution >= 4 is 11.9 Å². The molecule has 17 heavy (non-hydrogen) atoms. The lowest BCUT2D eigenvalue weighted by Gasteiger charge is -2.21. The number of hydrogen-bond acceptors (Lipinski definition) is 3. The average molecular weight is 242 g/mol. The van der Waals surface area contributed by atoms with Gasteiger partial charge in [0.2, 0.25) is 5.91 Å². The van der Waals surface area contributed by atoms with Crippen LogP contribution in [0.25, 0.3) is 0 Å². The van der Waals surface area contributed by atoms with Crippen molar-refractivity contribution in [2.24, 2.45) is 5.92 Å². The first-order chi connectivity index (χ1) is 7.79. The number of carboxylic acid groups (broad SMARTS) is 1. The summed E-state index contributed by atoms with van der Waals surface area (Å²) in [5, 5.41) is 14.8. The molecule has 3 N–H and O–H groups in total. The van der Waals surface area contributed by atoms with E-state index in [4.69, 9.17) is 5.11 Å². The molecule has 0 aromatic rings. The highest BCUT2D eigenvalue weighted by molar-refractivity contribution is 5.77. The number of aliphatic carboxylic acids is 1. The molecule has 98 valence electrons. The van der Waals surface area contributed by atoms with E-state index in [1.54, 1.807) is 0 Å². The highest BCUT2D eigenvalue weighted by atomic mass is 16.4. The molecule has 1 atom stereocenters. The van der Waals surface area contributed by atoms with Crippen molar-refractivity contribution in [3.8, 4) is 0 Å². The molecule has 1 amide bonds. The zero-order chi connectivity index (χ0) is 13.1. The van der Waals surface area contributed by atoms with Gasteiger partial charge < -0.3 is 15.7 Å². The summed E-state index contributed by atoms with van der Waals surface area (Å²) in [7, 11) is 0. The monoisotopic (exact) mass is 242 g/mol. The molecular formula is C12H22N2O3. The van der Waals surface area contributed by atoms with Crippen molar-refractivity contribution in [3.63, 3.8) is 0 Å². The molecular weight excluding hydrogens is 220 g/mol. The van der Waals surface area contributed by atoms with E-state index in [9.17, 15) is 9.59 Å². The van der Waals surface area contributed by atoms with Crippen LogP contribution in [0.15, 0.2) is 0 Å². The van der Waals surface area contributed by atoms with Gasteiger partial charge in [0.05, 0.1) is 0 Å². The molecule has 1 aliphatic carbocycles. The lowest BCUT2D eigenvalue weighted by molar-refractivity contribution is -0.140. The summed E-state index contributed by atoms with van der Waals surface area (Å²) in [5.74, 6) is -0.619. The standard InChI is InChI=1S/C12H22N2O3/c1-12(2,3)14-9(15)6-7-13-10(11(16)17)8-4-5-8/h8,10,13H,4-7H2,1-3H3,(H,14,15)(H,16,17). The molecule has 0 heterocycles. The molecule has 1 fully saturated rings. The van der Waals surface area contributed by atoms with Crippen LogP contribution in [0.2, 0.25) is 0 Å². The highest BCUT2D eigenvalue weighted by Gasteiger charge is 2.35. The van der Waals surface area contributed by atoms with Gasteiger partial charge in [-0.15, -0.1) is 0 Å². The number of rotatable bonds is 6. The van der Waals surface area contributed by atoms with Crippen LogP contribution in [0, 0.1) is 5.92 Å². The Morgan fingerprint density at radius 1 is 1.35 bits per heavy atom. The van der Waals surface area contributed by atoms with Crippen molar-refractivity contribution in [2.45, 2.75) is 51.6 Å². The van der Waals surface area contributed by atoms with Crippen LogP contribution in [0.1, 0.15) is 40.0 Å². The quantitative estimate of drug-likeness (QED) is 0.642. The number of hydrogen-bond donors (Lipinski definition) is 3. The Labute approximate surface area is 102 Å². The van der Waals surface area contributed by atoms with Gasteiger partial charge in [0, 0.05) is 18.5 Å². The Morgan fingerprint density at radius 2 is 1.94 bits per heavy atom. The molecule has 5 heteroatoms. The maximum absolute atomic E-state index is 11.5. The van der Waals surface area contributed by atoms with E-state index in [2.05, 4.69) is 10.6 Å². The van der Waals surface area contributed by atoms with Crippen LogP contribution < -0.4 is 10.6 Å². The van der Waals surface area contributed by atoms with Crippen molar-refractivity contribution in [1.82, 2.24) is 10.6 Å². The van der Waals surface area contributed by atoms with Gasteiger partial charge in [0.1, 0.15) is 6.04 Å². The minimum Gasteiger partial charge on any atom is -0.480 e. The number of nitrogens with one attached hydrogen (secondary N) is 2. The Bertz CT molecular complexity index is 293. The Kier molecular flexibility index (Phi) is 4.51. The van der Waals surface area contributed by atoms with E-state index in [1.165, 1.54) is 0 Å². The maximum Gasteiger partial charge on any atom is 0.320 e. The molecule has 1 unspecified atom stereocenters. The zero-order valence-electron chi connectivity index (χ0n) is 10.7. The minimum absolute atomic E-state index is 0.0510. The minimum atomic E-state index is -0.816. The molecule has 0 aromatic carbocycles. The Balaban J connectivity index is 2.22. The predicted molar refractivity (Wildman–Crippen MR) is 64.7 cm³/mol. The fraction of sp³-hybridized carbons (Fsp3) is 0.833. The van der Waals surface area contributed by atoms with Crippen LogP contribution in [-0.4, -0.2) is 35.1 Å². The first-order valence-electron chi connectivity index (χ1n) is 6.07. The van der Waals surface area contributed by atoms with E-state index < -0.39 is 12.0 Å². The van der Waals surface area contributed by atoms with Crippen molar-refractivity contribution in [3.05, 3.63) is 0 Å². The van der Waals surface area contributed by atoms with Crippen molar-refractivity contribution in [1.29, 1.82) is 0 Å². The van der Waals surface area contributed by atoms with Gasteiger partial charge in [-0.05, 0) is 39.5 Å². The fourth-order valence-corrected chi connectivity index (χ4v) is 1.71. The third-order valence-electron chi connectivity index (χ3n) is 2.59. The molecule has 5 nitrogen and oxygen atoms in total. The SMILES string of the molecule is CC(C)(C)NC(=O)CCNC(C(=O)O)C1CC1. The molecule has 0 radical (unpaired) electrons. The summed E-state index contributed by atoms with van der Waals surface area (Å²) in [4.78, 5) is 22.4. The third-order valence-corrected chi connectivity index (χ3v) is 2.59. The molecule has 0 bridgehead atoms. The molecule has 0 aromatic heterocycles. The lowest BCUT2D eigenvalue weighted by Crippen LogP contribution is -2.44. The van der Waals surface area contributed by atoms with Gasteiger partial charge in [0.15, 0.2) is 0 Å². The number of carbonyl (C=O) groups excluding carboxylic acids is 1. The zero-order valence-corrected chi connectivity index (χ0v) is 10.7. The lowest BCUT2D eigenvalue weighted by atomic mass is 10.1. The van der Waals surface area contributed by atoms with Crippen LogP contribution in [-0.2, 0) is 9.59 Å². The summed E-state index contributed by atoms with van der Waals surface area (Å²) in [6, 6.07) is -0.488. The van der Waals surface area contributed by atoms with Gasteiger partial charge in [-0.3, -0.25) is 9.59 Å². The highest BCUT2D eigenvalue weighted by Crippen LogP contribution is 2.32. The van der Waals surface area contributed by atoms with Crippen LogP contribution >= 0.6 is 0 Å². The second kappa shape index (κ2) is 5.49. The predicted octanol–water partition coefficient (Wildman–Crippen LogP) is 0.744. The molecule has 0 saturated heterocycles. The summed E-state index contributed by atoms with van der Waals surface area (Å²) >= 11 is 0. The number of carbonyl (C=O) groups is 2. The summed E-state index contributed by atoms with van der Waals surface area (Å²) in [5.41, 5.74) is -0.236. The average Bonchev–Trinajstić information content (AvgIpc) is 2.91. The Morgan fingerprint density at radius 3 is 2.35 bits per heavy atom. The van der Waals surface area contributed by atoms with E-state index in [1.807, 2.05) is 20.8 Å². The molecule has 1 saturated carbocycles. The topological polar surface area (TPSA) is 78.4 Å². The first kappa shape index (κ1) is 14.0. The largest absolute Gasteiger partial charge is 0.480 e. The van der Waals surface area contributed by atoms with Crippen LogP contribution in [0.4, 0.5) is 0 Å². The molecule has 0 spiro atoms. The molecule has 0 aliphatic heterocycles. The maximum atomic E-state index is 11.5. The van der Waals surface area contributed by atoms with E-state index in [-0.39, 0.29) is 17.4 Å². The van der Waals surface area contributed by atoms with E-state index in [0.717, 1.165) is 12.8 Å². The van der Waals surface area contributed by atoms with Gasteiger partial charge in [-0.1, -0.05) is 0 Å². The molecule has 1 rings (SSSR count). The Hall–Kier alpha value is -1.10. The van der Waals surface area contributed by atoms with Gasteiger partial charge in [-0.2, -0.15) is 0 Å². The second-order valence-corrected chi connectivity index (χ2v) is 5.66. The first-order valence-corrected chi connectivity index (χ1v) is 6.07. The van der Waals surface area contributed by atoms with E-state index >= 15 is 0 Å².